The third-order valence-electron chi connectivity index (χ3n) is 4.12. The Morgan fingerprint density at radius 3 is 2.69 bits per heavy atom. The van der Waals surface area contributed by atoms with Crippen molar-refractivity contribution in [3.05, 3.63) is 41.9 Å². The summed E-state index contributed by atoms with van der Waals surface area (Å²) in [5.41, 5.74) is 2.63. The number of methoxy groups -OCH3 is 1. The van der Waals surface area contributed by atoms with E-state index >= 15 is 0 Å². The number of anilines is 1. The Bertz CT molecular complexity index is 946. The highest BCUT2D eigenvalue weighted by Crippen LogP contribution is 2.26. The van der Waals surface area contributed by atoms with Gasteiger partial charge in [0.2, 0.25) is 5.88 Å². The van der Waals surface area contributed by atoms with Gasteiger partial charge in [-0.1, -0.05) is 13.8 Å². The van der Waals surface area contributed by atoms with Gasteiger partial charge in [0.15, 0.2) is 5.65 Å². The van der Waals surface area contributed by atoms with E-state index in [1.807, 2.05) is 24.6 Å². The topological polar surface area (TPSA) is 81.9 Å². The molecule has 0 unspecified atom stereocenters. The van der Waals surface area contributed by atoms with Gasteiger partial charge < -0.3 is 10.1 Å². The van der Waals surface area contributed by atoms with Crippen molar-refractivity contribution in [2.45, 2.75) is 39.7 Å². The lowest BCUT2D eigenvalue weighted by atomic mass is 10.0. The second kappa shape index (κ2) is 7.11. The molecule has 0 aliphatic rings. The van der Waals surface area contributed by atoms with E-state index in [4.69, 9.17) is 9.72 Å². The van der Waals surface area contributed by atoms with Crippen LogP contribution in [0.3, 0.4) is 0 Å². The van der Waals surface area contributed by atoms with Crippen LogP contribution in [-0.4, -0.2) is 32.8 Å². The fraction of sp³-hybridized carbons (Fsp3) is 0.368. The predicted molar refractivity (Wildman–Crippen MR) is 101 cm³/mol. The van der Waals surface area contributed by atoms with Crippen molar-refractivity contribution in [2.24, 2.45) is 0 Å². The van der Waals surface area contributed by atoms with E-state index in [2.05, 4.69) is 29.2 Å². The fourth-order valence-electron chi connectivity index (χ4n) is 2.74. The molecule has 3 aromatic heterocycles. The minimum absolute atomic E-state index is 0.150. The number of rotatable bonds is 5. The van der Waals surface area contributed by atoms with Crippen LogP contribution in [0.15, 0.2) is 30.6 Å². The molecule has 1 amide bonds. The molecule has 136 valence electrons. The lowest BCUT2D eigenvalue weighted by Gasteiger charge is -2.13. The molecule has 0 spiro atoms. The number of hydrogen-bond donors (Lipinski definition) is 1. The van der Waals surface area contributed by atoms with E-state index in [1.54, 1.807) is 24.5 Å². The molecule has 0 saturated heterocycles. The number of carbonyl (C=O) groups is 1. The normalized spacial score (nSPS) is 11.3. The summed E-state index contributed by atoms with van der Waals surface area (Å²) in [5.74, 6) is 0.316. The summed E-state index contributed by atoms with van der Waals surface area (Å²) in [6.45, 7) is 8.18. The number of amides is 1. The summed E-state index contributed by atoms with van der Waals surface area (Å²) in [6, 6.07) is 5.48. The molecular weight excluding hydrogens is 330 g/mol. The van der Waals surface area contributed by atoms with Crippen molar-refractivity contribution in [2.75, 3.05) is 12.4 Å². The quantitative estimate of drug-likeness (QED) is 0.754. The van der Waals surface area contributed by atoms with Crippen LogP contribution < -0.4 is 10.1 Å². The first-order valence-electron chi connectivity index (χ1n) is 8.60. The Morgan fingerprint density at radius 2 is 2.04 bits per heavy atom. The van der Waals surface area contributed by atoms with Crippen LogP contribution in [-0.2, 0) is 0 Å². The van der Waals surface area contributed by atoms with E-state index in [0.717, 1.165) is 16.7 Å². The minimum Gasteiger partial charge on any atom is -0.480 e. The van der Waals surface area contributed by atoms with Crippen molar-refractivity contribution in [3.8, 4) is 5.88 Å². The standard InChI is InChI=1S/C19H23N5O2/c1-11(2)16-9-13(14-10-21-24(12(3)4)17(14)22-16)18(25)23-15-7-6-8-20-19(15)26-5/h6-12H,1-5H3,(H,23,25). The van der Waals surface area contributed by atoms with Gasteiger partial charge >= 0.3 is 0 Å². The molecule has 0 atom stereocenters. The molecule has 0 radical (unpaired) electrons. The van der Waals surface area contributed by atoms with E-state index in [9.17, 15) is 4.79 Å². The van der Waals surface area contributed by atoms with E-state index in [1.165, 1.54) is 7.11 Å². The smallest absolute Gasteiger partial charge is 0.256 e. The van der Waals surface area contributed by atoms with Crippen LogP contribution in [0.25, 0.3) is 11.0 Å². The predicted octanol–water partition coefficient (Wildman–Crippen LogP) is 3.79. The Balaban J connectivity index is 2.09. The summed E-state index contributed by atoms with van der Waals surface area (Å²) in [4.78, 5) is 21.8. The lowest BCUT2D eigenvalue weighted by molar-refractivity contribution is 0.102. The van der Waals surface area contributed by atoms with E-state index < -0.39 is 0 Å². The highest BCUT2D eigenvalue weighted by molar-refractivity contribution is 6.12. The zero-order valence-corrected chi connectivity index (χ0v) is 15.6. The maximum absolute atomic E-state index is 13.0. The van der Waals surface area contributed by atoms with Gasteiger partial charge in [-0.2, -0.15) is 5.10 Å². The number of fused-ring (bicyclic) bond motifs is 1. The van der Waals surface area contributed by atoms with Gasteiger partial charge in [0, 0.05) is 17.9 Å². The molecule has 0 saturated carbocycles. The molecule has 3 heterocycles. The third kappa shape index (κ3) is 3.24. The van der Waals surface area contributed by atoms with Gasteiger partial charge in [-0.25, -0.2) is 14.6 Å². The summed E-state index contributed by atoms with van der Waals surface area (Å²) in [6.07, 6.45) is 3.31. The summed E-state index contributed by atoms with van der Waals surface area (Å²) >= 11 is 0. The monoisotopic (exact) mass is 353 g/mol. The van der Waals surface area contributed by atoms with E-state index in [-0.39, 0.29) is 17.9 Å². The number of carbonyl (C=O) groups excluding carboxylic acids is 1. The molecule has 26 heavy (non-hydrogen) atoms. The largest absolute Gasteiger partial charge is 0.480 e. The van der Waals surface area contributed by atoms with Gasteiger partial charge in [0.1, 0.15) is 5.69 Å². The number of nitrogens with one attached hydrogen (secondary N) is 1. The van der Waals surface area contributed by atoms with Gasteiger partial charge in [0.05, 0.1) is 24.3 Å². The van der Waals surface area contributed by atoms with Gasteiger partial charge in [-0.15, -0.1) is 0 Å². The van der Waals surface area contributed by atoms with Gasteiger partial charge in [0.25, 0.3) is 5.91 Å². The molecule has 1 N–H and O–H groups in total. The molecule has 0 aliphatic carbocycles. The Labute approximate surface area is 152 Å². The number of nitrogens with zero attached hydrogens (tertiary/aromatic N) is 4. The molecule has 0 aliphatic heterocycles. The van der Waals surface area contributed by atoms with Crippen LogP contribution in [0.4, 0.5) is 5.69 Å². The third-order valence-corrected chi connectivity index (χ3v) is 4.12. The fourth-order valence-corrected chi connectivity index (χ4v) is 2.74. The Morgan fingerprint density at radius 1 is 1.27 bits per heavy atom. The SMILES string of the molecule is COc1ncccc1NC(=O)c1cc(C(C)C)nc2c1cnn2C(C)C. The molecule has 0 aromatic carbocycles. The van der Waals surface area contributed by atoms with Crippen LogP contribution in [0.1, 0.15) is 55.7 Å². The lowest BCUT2D eigenvalue weighted by Crippen LogP contribution is -2.15. The van der Waals surface area contributed by atoms with Crippen LogP contribution in [0, 0.1) is 0 Å². The van der Waals surface area contributed by atoms with Crippen molar-refractivity contribution in [1.82, 2.24) is 19.7 Å². The number of ether oxygens (including phenoxy) is 1. The maximum atomic E-state index is 13.0. The van der Waals surface area contributed by atoms with Crippen LogP contribution in [0.2, 0.25) is 0 Å². The van der Waals surface area contributed by atoms with Crippen molar-refractivity contribution >= 4 is 22.6 Å². The molecular formula is C19H23N5O2. The maximum Gasteiger partial charge on any atom is 0.256 e. The summed E-state index contributed by atoms with van der Waals surface area (Å²) in [7, 11) is 1.52. The first kappa shape index (κ1) is 17.8. The zero-order chi connectivity index (χ0) is 18.8. The van der Waals surface area contributed by atoms with Gasteiger partial charge in [-0.05, 0) is 38.0 Å². The highest BCUT2D eigenvalue weighted by atomic mass is 16.5. The molecule has 7 nitrogen and oxygen atoms in total. The average molecular weight is 353 g/mol. The zero-order valence-electron chi connectivity index (χ0n) is 15.6. The Kier molecular flexibility index (Phi) is 4.88. The molecule has 3 aromatic rings. The summed E-state index contributed by atoms with van der Waals surface area (Å²) in [5, 5.41) is 8.02. The molecule has 7 heteroatoms. The van der Waals surface area contributed by atoms with Gasteiger partial charge in [-0.3, -0.25) is 4.79 Å². The van der Waals surface area contributed by atoms with Crippen molar-refractivity contribution < 1.29 is 9.53 Å². The highest BCUT2D eigenvalue weighted by Gasteiger charge is 2.20. The number of pyridine rings is 2. The first-order chi connectivity index (χ1) is 12.4. The first-order valence-corrected chi connectivity index (χ1v) is 8.60. The number of hydrogen-bond acceptors (Lipinski definition) is 5. The van der Waals surface area contributed by atoms with Crippen molar-refractivity contribution in [1.29, 1.82) is 0 Å². The second-order valence-electron chi connectivity index (χ2n) is 6.68. The second-order valence-corrected chi connectivity index (χ2v) is 6.68. The molecule has 3 rings (SSSR count). The molecule has 0 fully saturated rings. The van der Waals surface area contributed by atoms with E-state index in [0.29, 0.717) is 17.1 Å². The molecule has 0 bridgehead atoms. The average Bonchev–Trinajstić information content (AvgIpc) is 3.05. The Hall–Kier alpha value is -2.96. The van der Waals surface area contributed by atoms with Crippen LogP contribution in [0.5, 0.6) is 5.88 Å². The number of aromatic nitrogens is 4. The minimum atomic E-state index is -0.242. The summed E-state index contributed by atoms with van der Waals surface area (Å²) < 4.78 is 7.05. The van der Waals surface area contributed by atoms with Crippen molar-refractivity contribution in [3.63, 3.8) is 0 Å². The van der Waals surface area contributed by atoms with Crippen LogP contribution >= 0.6 is 0 Å².